The summed E-state index contributed by atoms with van der Waals surface area (Å²) < 4.78 is 5.31. The predicted molar refractivity (Wildman–Crippen MR) is 102 cm³/mol. The molecule has 2 aliphatic rings. The van der Waals surface area contributed by atoms with E-state index in [-0.39, 0.29) is 30.2 Å². The van der Waals surface area contributed by atoms with Gasteiger partial charge in [0.25, 0.3) is 0 Å². The number of benzene rings is 1. The molecule has 142 valence electrons. The van der Waals surface area contributed by atoms with Gasteiger partial charge < -0.3 is 14.6 Å². The molecule has 2 unspecified atom stereocenters. The molecule has 1 aliphatic heterocycles. The number of carbonyl (C=O) groups excluding carboxylic acids is 2. The maximum atomic E-state index is 12.7. The zero-order valence-corrected chi connectivity index (χ0v) is 15.7. The molecular weight excluding hydrogens is 340 g/mol. The first kappa shape index (κ1) is 17.8. The third kappa shape index (κ3) is 3.92. The molecule has 1 aromatic heterocycles. The van der Waals surface area contributed by atoms with Crippen molar-refractivity contribution in [2.45, 2.75) is 51.6 Å². The lowest BCUT2D eigenvalue weighted by molar-refractivity contribution is -0.129. The molecule has 2 aromatic rings. The monoisotopic (exact) mass is 366 g/mol. The molecule has 5 heteroatoms. The summed E-state index contributed by atoms with van der Waals surface area (Å²) in [5.41, 5.74) is 4.00. The van der Waals surface area contributed by atoms with E-state index < -0.39 is 0 Å². The van der Waals surface area contributed by atoms with E-state index >= 15 is 0 Å². The summed E-state index contributed by atoms with van der Waals surface area (Å²) in [4.78, 5) is 26.6. The van der Waals surface area contributed by atoms with Crippen LogP contribution in [0, 0.1) is 5.92 Å². The van der Waals surface area contributed by atoms with Crippen molar-refractivity contribution in [2.24, 2.45) is 5.92 Å². The van der Waals surface area contributed by atoms with E-state index in [9.17, 15) is 9.59 Å². The van der Waals surface area contributed by atoms with Crippen molar-refractivity contribution in [3.8, 4) is 0 Å². The highest BCUT2D eigenvalue weighted by molar-refractivity contribution is 5.89. The number of hydrogen-bond acceptors (Lipinski definition) is 3. The number of fused-ring (bicyclic) bond motifs is 1. The Labute approximate surface area is 159 Å². The van der Waals surface area contributed by atoms with E-state index in [0.29, 0.717) is 13.1 Å². The number of carbonyl (C=O) groups is 2. The van der Waals surface area contributed by atoms with Crippen LogP contribution in [0.1, 0.15) is 54.7 Å². The van der Waals surface area contributed by atoms with Gasteiger partial charge in [0.2, 0.25) is 11.8 Å². The maximum absolute atomic E-state index is 12.7. The van der Waals surface area contributed by atoms with Gasteiger partial charge in [0.1, 0.15) is 5.76 Å². The second-order valence-electron chi connectivity index (χ2n) is 7.72. The summed E-state index contributed by atoms with van der Waals surface area (Å²) in [5.74, 6) is 0.405. The van der Waals surface area contributed by atoms with Gasteiger partial charge in [-0.05, 0) is 61.4 Å². The predicted octanol–water partition coefficient (Wildman–Crippen LogP) is 3.38. The third-order valence-electron chi connectivity index (χ3n) is 5.74. The summed E-state index contributed by atoms with van der Waals surface area (Å²) in [7, 11) is 0. The van der Waals surface area contributed by atoms with Gasteiger partial charge in [-0.15, -0.1) is 0 Å². The van der Waals surface area contributed by atoms with Crippen LogP contribution in [-0.4, -0.2) is 23.3 Å². The first-order chi connectivity index (χ1) is 13.1. The van der Waals surface area contributed by atoms with E-state index in [4.69, 9.17) is 4.42 Å². The lowest BCUT2D eigenvalue weighted by Gasteiger charge is -2.21. The van der Waals surface area contributed by atoms with Gasteiger partial charge in [0.15, 0.2) is 0 Å². The molecule has 1 aromatic carbocycles. The van der Waals surface area contributed by atoms with Gasteiger partial charge >= 0.3 is 0 Å². The highest BCUT2D eigenvalue weighted by atomic mass is 16.3. The standard InChI is InChI=1S/C22H26N2O3/c1-15(17-9-8-16-5-2-3-6-18(16)11-17)23-22(26)19-12-21(25)24(13-19)14-20-7-4-10-27-20/h4,7-11,15,19H,2-3,5-6,12-14H2,1H3,(H,23,26). The molecule has 0 bridgehead atoms. The molecule has 1 N–H and O–H groups in total. The summed E-state index contributed by atoms with van der Waals surface area (Å²) in [5, 5.41) is 3.10. The van der Waals surface area contributed by atoms with Crippen molar-refractivity contribution in [1.29, 1.82) is 0 Å². The van der Waals surface area contributed by atoms with Gasteiger partial charge in [-0.25, -0.2) is 0 Å². The quantitative estimate of drug-likeness (QED) is 0.882. The van der Waals surface area contributed by atoms with Crippen molar-refractivity contribution < 1.29 is 14.0 Å². The molecule has 2 heterocycles. The van der Waals surface area contributed by atoms with Crippen LogP contribution >= 0.6 is 0 Å². The molecule has 1 fully saturated rings. The highest BCUT2D eigenvalue weighted by Crippen LogP contribution is 2.26. The zero-order valence-electron chi connectivity index (χ0n) is 15.7. The van der Waals surface area contributed by atoms with Crippen LogP contribution in [0.2, 0.25) is 0 Å². The van der Waals surface area contributed by atoms with Crippen LogP contribution in [0.15, 0.2) is 41.0 Å². The lowest BCUT2D eigenvalue weighted by atomic mass is 9.89. The molecule has 2 amide bonds. The van der Waals surface area contributed by atoms with Crippen molar-refractivity contribution >= 4 is 11.8 Å². The highest BCUT2D eigenvalue weighted by Gasteiger charge is 2.35. The van der Waals surface area contributed by atoms with Crippen molar-refractivity contribution in [3.63, 3.8) is 0 Å². The fraction of sp³-hybridized carbons (Fsp3) is 0.455. The Hall–Kier alpha value is -2.56. The smallest absolute Gasteiger partial charge is 0.225 e. The summed E-state index contributed by atoms with van der Waals surface area (Å²) in [6, 6.07) is 10.2. The van der Waals surface area contributed by atoms with E-state index in [1.54, 1.807) is 17.2 Å². The van der Waals surface area contributed by atoms with Gasteiger partial charge in [-0.1, -0.05) is 18.2 Å². The molecule has 1 saturated heterocycles. The number of nitrogens with zero attached hydrogens (tertiary/aromatic N) is 1. The summed E-state index contributed by atoms with van der Waals surface area (Å²) in [6.45, 7) is 2.89. The number of likely N-dealkylation sites (tertiary alicyclic amines) is 1. The fourth-order valence-electron chi connectivity index (χ4n) is 4.13. The number of amides is 2. The minimum atomic E-state index is -0.299. The van der Waals surface area contributed by atoms with Gasteiger partial charge in [-0.3, -0.25) is 9.59 Å². The van der Waals surface area contributed by atoms with Gasteiger partial charge in [0.05, 0.1) is 24.8 Å². The second kappa shape index (κ2) is 7.59. The van der Waals surface area contributed by atoms with Crippen molar-refractivity contribution in [3.05, 3.63) is 59.0 Å². The molecule has 0 spiro atoms. The molecule has 0 saturated carbocycles. The zero-order chi connectivity index (χ0) is 18.8. The Morgan fingerprint density at radius 1 is 1.26 bits per heavy atom. The number of rotatable bonds is 5. The van der Waals surface area contributed by atoms with E-state index in [2.05, 4.69) is 23.5 Å². The minimum Gasteiger partial charge on any atom is -0.467 e. The number of aryl methyl sites for hydroxylation is 2. The van der Waals surface area contributed by atoms with Gasteiger partial charge in [0, 0.05) is 13.0 Å². The average molecular weight is 366 g/mol. The van der Waals surface area contributed by atoms with E-state index in [0.717, 1.165) is 24.2 Å². The second-order valence-corrected chi connectivity index (χ2v) is 7.72. The van der Waals surface area contributed by atoms with Crippen LogP contribution < -0.4 is 5.32 Å². The number of hydrogen-bond donors (Lipinski definition) is 1. The number of nitrogens with one attached hydrogen (secondary N) is 1. The Kier molecular flexibility index (Phi) is 5.01. The third-order valence-corrected chi connectivity index (χ3v) is 5.74. The van der Waals surface area contributed by atoms with E-state index in [1.807, 2.05) is 13.0 Å². The van der Waals surface area contributed by atoms with Crippen LogP contribution in [0.5, 0.6) is 0 Å². The van der Waals surface area contributed by atoms with Crippen LogP contribution in [0.25, 0.3) is 0 Å². The Morgan fingerprint density at radius 3 is 2.85 bits per heavy atom. The molecule has 5 nitrogen and oxygen atoms in total. The van der Waals surface area contributed by atoms with Crippen molar-refractivity contribution in [1.82, 2.24) is 10.2 Å². The number of furan rings is 1. The Balaban J connectivity index is 1.36. The summed E-state index contributed by atoms with van der Waals surface area (Å²) in [6.07, 6.45) is 6.66. The largest absolute Gasteiger partial charge is 0.467 e. The molecule has 27 heavy (non-hydrogen) atoms. The molecule has 0 radical (unpaired) electrons. The van der Waals surface area contributed by atoms with Crippen LogP contribution in [0.4, 0.5) is 0 Å². The Morgan fingerprint density at radius 2 is 2.07 bits per heavy atom. The minimum absolute atomic E-state index is 0.00739. The Bertz CT molecular complexity index is 828. The molecule has 1 aliphatic carbocycles. The SMILES string of the molecule is CC(NC(=O)C1CC(=O)N(Cc2ccco2)C1)c1ccc2c(c1)CCCC2. The maximum Gasteiger partial charge on any atom is 0.225 e. The fourth-order valence-corrected chi connectivity index (χ4v) is 4.13. The lowest BCUT2D eigenvalue weighted by Crippen LogP contribution is -2.34. The molecule has 2 atom stereocenters. The first-order valence-electron chi connectivity index (χ1n) is 9.82. The van der Waals surface area contributed by atoms with E-state index in [1.165, 1.54) is 24.0 Å². The van der Waals surface area contributed by atoms with Crippen LogP contribution in [0.3, 0.4) is 0 Å². The first-order valence-corrected chi connectivity index (χ1v) is 9.82. The summed E-state index contributed by atoms with van der Waals surface area (Å²) >= 11 is 0. The normalized spacial score (nSPS) is 20.4. The topological polar surface area (TPSA) is 62.6 Å². The van der Waals surface area contributed by atoms with Gasteiger partial charge in [-0.2, -0.15) is 0 Å². The van der Waals surface area contributed by atoms with Crippen molar-refractivity contribution in [2.75, 3.05) is 6.54 Å². The average Bonchev–Trinajstić information content (AvgIpc) is 3.32. The molecule has 4 rings (SSSR count). The van der Waals surface area contributed by atoms with Crippen LogP contribution in [-0.2, 0) is 29.0 Å². The molecular formula is C22H26N2O3.